The number of hydrogen-bond donors (Lipinski definition) is 0. The van der Waals surface area contributed by atoms with Gasteiger partial charge >= 0.3 is 0 Å². The topological polar surface area (TPSA) is 52.6 Å². The lowest BCUT2D eigenvalue weighted by molar-refractivity contribution is -0.118. The van der Waals surface area contributed by atoms with E-state index in [-0.39, 0.29) is 27.4 Å². The number of Topliss-reactive ketones (excluding diaryl/α,β-unsaturated/α-hetero) is 2. The minimum absolute atomic E-state index is 0.00958. The van der Waals surface area contributed by atoms with Gasteiger partial charge in [0.2, 0.25) is 11.6 Å². The molecule has 0 saturated heterocycles. The molecule has 0 heterocycles. The van der Waals surface area contributed by atoms with Crippen molar-refractivity contribution >= 4 is 33.1 Å². The first-order valence-electron chi connectivity index (χ1n) is 5.48. The van der Waals surface area contributed by atoms with E-state index >= 15 is 0 Å². The van der Waals surface area contributed by atoms with Crippen LogP contribution in [-0.4, -0.2) is 25.8 Å². The van der Waals surface area contributed by atoms with Crippen molar-refractivity contribution in [3.63, 3.8) is 0 Å². The first-order chi connectivity index (χ1) is 9.11. The number of carbonyl (C=O) groups excluding carboxylic acids is 2. The van der Waals surface area contributed by atoms with Crippen molar-refractivity contribution < 1.29 is 19.1 Å². The van der Waals surface area contributed by atoms with Gasteiger partial charge in [0.05, 0.1) is 19.8 Å². The molecule has 0 spiro atoms. The Kier molecular flexibility index (Phi) is 3.85. The summed E-state index contributed by atoms with van der Waals surface area (Å²) in [7, 11) is 2.71. The second kappa shape index (κ2) is 5.40. The molecule has 1 aliphatic carbocycles. The van der Waals surface area contributed by atoms with Crippen LogP contribution in [0.25, 0.3) is 5.57 Å². The number of methoxy groups -OCH3 is 2. The molecule has 0 unspecified atom stereocenters. The minimum Gasteiger partial charge on any atom is -0.492 e. The molecule has 0 aromatic heterocycles. The van der Waals surface area contributed by atoms with Gasteiger partial charge in [-0.05, 0) is 21.5 Å². The van der Waals surface area contributed by atoms with Crippen molar-refractivity contribution in [3.8, 4) is 0 Å². The maximum Gasteiger partial charge on any atom is 0.239 e. The predicted octanol–water partition coefficient (Wildman–Crippen LogP) is 2.45. The van der Waals surface area contributed by atoms with Crippen molar-refractivity contribution in [3.05, 3.63) is 51.9 Å². The fraction of sp³-hybridized carbons (Fsp3) is 0.143. The Labute approximate surface area is 118 Å². The van der Waals surface area contributed by atoms with Crippen LogP contribution in [-0.2, 0) is 19.1 Å². The second-order valence-corrected chi connectivity index (χ2v) is 4.57. The molecule has 2 rings (SSSR count). The summed E-state index contributed by atoms with van der Waals surface area (Å²) in [5, 5.41) is 0. The third-order valence-electron chi connectivity index (χ3n) is 2.74. The molecule has 19 heavy (non-hydrogen) atoms. The van der Waals surface area contributed by atoms with Crippen LogP contribution >= 0.6 is 15.9 Å². The van der Waals surface area contributed by atoms with Gasteiger partial charge in [-0.25, -0.2) is 0 Å². The van der Waals surface area contributed by atoms with Crippen LogP contribution in [0.15, 0.2) is 46.3 Å². The summed E-state index contributed by atoms with van der Waals surface area (Å²) in [4.78, 5) is 24.5. The second-order valence-electron chi connectivity index (χ2n) is 3.78. The number of ether oxygens (including phenoxy) is 2. The number of rotatable bonds is 3. The van der Waals surface area contributed by atoms with Crippen molar-refractivity contribution in [2.45, 2.75) is 0 Å². The molecule has 0 aliphatic heterocycles. The SMILES string of the molecule is COC1=C(Br)C(=O)C(OC)=C(c2ccccc2)C1=O. The molecule has 1 aromatic carbocycles. The van der Waals surface area contributed by atoms with Crippen LogP contribution in [0.2, 0.25) is 0 Å². The van der Waals surface area contributed by atoms with E-state index in [1.54, 1.807) is 24.3 Å². The zero-order chi connectivity index (χ0) is 14.0. The first-order valence-corrected chi connectivity index (χ1v) is 6.28. The molecule has 0 N–H and O–H groups in total. The quantitative estimate of drug-likeness (QED) is 0.802. The number of hydrogen-bond acceptors (Lipinski definition) is 4. The molecule has 0 bridgehead atoms. The highest BCUT2D eigenvalue weighted by Gasteiger charge is 2.36. The predicted molar refractivity (Wildman–Crippen MR) is 73.3 cm³/mol. The monoisotopic (exact) mass is 322 g/mol. The maximum absolute atomic E-state index is 12.4. The van der Waals surface area contributed by atoms with E-state index in [1.165, 1.54) is 14.2 Å². The molecule has 4 nitrogen and oxygen atoms in total. The van der Waals surface area contributed by atoms with E-state index in [9.17, 15) is 9.59 Å². The highest BCUT2D eigenvalue weighted by molar-refractivity contribution is 9.12. The lowest BCUT2D eigenvalue weighted by atomic mass is 9.93. The van der Waals surface area contributed by atoms with E-state index in [0.717, 1.165) is 0 Å². The maximum atomic E-state index is 12.4. The summed E-state index contributed by atoms with van der Waals surface area (Å²) in [6.07, 6.45) is 0. The van der Waals surface area contributed by atoms with Crippen LogP contribution < -0.4 is 0 Å². The van der Waals surface area contributed by atoms with Crippen LogP contribution in [0, 0.1) is 0 Å². The normalized spacial score (nSPS) is 15.9. The molecular formula is C14H11BrO4. The van der Waals surface area contributed by atoms with Crippen LogP contribution in [0.4, 0.5) is 0 Å². The number of ketones is 2. The van der Waals surface area contributed by atoms with Gasteiger partial charge in [0.15, 0.2) is 11.5 Å². The van der Waals surface area contributed by atoms with Crippen molar-refractivity contribution in [1.29, 1.82) is 0 Å². The third kappa shape index (κ3) is 2.21. The fourth-order valence-corrected chi connectivity index (χ4v) is 2.40. The van der Waals surface area contributed by atoms with E-state index in [0.29, 0.717) is 5.56 Å². The zero-order valence-electron chi connectivity index (χ0n) is 10.4. The van der Waals surface area contributed by atoms with Crippen molar-refractivity contribution in [2.75, 3.05) is 14.2 Å². The Bertz CT molecular complexity index is 599. The molecule has 1 aromatic rings. The molecule has 0 atom stereocenters. The average molecular weight is 323 g/mol. The van der Waals surface area contributed by atoms with Gasteiger partial charge in [0.25, 0.3) is 0 Å². The van der Waals surface area contributed by atoms with Crippen molar-refractivity contribution in [1.82, 2.24) is 0 Å². The summed E-state index contributed by atoms with van der Waals surface area (Å²) in [5.74, 6) is -0.775. The number of allylic oxidation sites excluding steroid dienone is 2. The molecule has 1 aliphatic rings. The smallest absolute Gasteiger partial charge is 0.239 e. The van der Waals surface area contributed by atoms with Crippen LogP contribution in [0.5, 0.6) is 0 Å². The highest BCUT2D eigenvalue weighted by atomic mass is 79.9. The lowest BCUT2D eigenvalue weighted by Gasteiger charge is -2.19. The number of halogens is 1. The van der Waals surface area contributed by atoms with Gasteiger partial charge in [-0.15, -0.1) is 0 Å². The van der Waals surface area contributed by atoms with E-state index in [2.05, 4.69) is 15.9 Å². The van der Waals surface area contributed by atoms with E-state index in [1.807, 2.05) is 6.07 Å². The summed E-state index contributed by atoms with van der Waals surface area (Å²) >= 11 is 3.07. The van der Waals surface area contributed by atoms with Gasteiger partial charge in [-0.2, -0.15) is 0 Å². The largest absolute Gasteiger partial charge is 0.492 e. The Morgan fingerprint density at radius 3 is 2.00 bits per heavy atom. The van der Waals surface area contributed by atoms with Gasteiger partial charge in [0.1, 0.15) is 4.48 Å². The molecule has 0 radical (unpaired) electrons. The highest BCUT2D eigenvalue weighted by Crippen LogP contribution is 2.34. The van der Waals surface area contributed by atoms with E-state index in [4.69, 9.17) is 9.47 Å². The molecule has 5 heteroatoms. The minimum atomic E-state index is -0.405. The van der Waals surface area contributed by atoms with Gasteiger partial charge < -0.3 is 9.47 Å². The van der Waals surface area contributed by atoms with Gasteiger partial charge in [0, 0.05) is 0 Å². The molecular weight excluding hydrogens is 312 g/mol. The Morgan fingerprint density at radius 1 is 0.895 bits per heavy atom. The van der Waals surface area contributed by atoms with E-state index < -0.39 is 5.78 Å². The zero-order valence-corrected chi connectivity index (χ0v) is 12.0. The van der Waals surface area contributed by atoms with Gasteiger partial charge in [-0.3, -0.25) is 9.59 Å². The summed E-state index contributed by atoms with van der Waals surface area (Å²) < 4.78 is 10.2. The Hall–Kier alpha value is -1.88. The summed E-state index contributed by atoms with van der Waals surface area (Å²) in [5.41, 5.74) is 0.834. The molecule has 0 fully saturated rings. The van der Waals surface area contributed by atoms with Crippen molar-refractivity contribution in [2.24, 2.45) is 0 Å². The van der Waals surface area contributed by atoms with Crippen LogP contribution in [0.3, 0.4) is 0 Å². The molecule has 0 saturated carbocycles. The summed E-state index contributed by atoms with van der Waals surface area (Å²) in [6, 6.07) is 8.88. The Morgan fingerprint density at radius 2 is 1.47 bits per heavy atom. The molecule has 0 amide bonds. The average Bonchev–Trinajstić information content (AvgIpc) is 2.44. The molecule has 98 valence electrons. The first kappa shape index (κ1) is 13.5. The standard InChI is InChI=1S/C14H11BrO4/c1-18-13-9(8-6-4-3-5-7-8)11(16)14(19-2)10(15)12(13)17/h3-7H,1-2H3. The number of carbonyl (C=O) groups is 2. The van der Waals surface area contributed by atoms with Crippen LogP contribution in [0.1, 0.15) is 5.56 Å². The fourth-order valence-electron chi connectivity index (χ4n) is 1.88. The third-order valence-corrected chi connectivity index (χ3v) is 3.46. The number of benzene rings is 1. The Balaban J connectivity index is 2.65. The summed E-state index contributed by atoms with van der Waals surface area (Å²) in [6.45, 7) is 0. The van der Waals surface area contributed by atoms with Gasteiger partial charge in [-0.1, -0.05) is 30.3 Å². The lowest BCUT2D eigenvalue weighted by Crippen LogP contribution is -2.23.